The molecule has 0 spiro atoms. The first-order chi connectivity index (χ1) is 52.8. The van der Waals surface area contributed by atoms with Gasteiger partial charge in [-0.05, 0) is 163 Å². The van der Waals surface area contributed by atoms with Crippen LogP contribution in [0, 0.1) is 53.6 Å². The quantitative estimate of drug-likeness (QED) is 0.0349. The van der Waals surface area contributed by atoms with Crippen LogP contribution in [0.2, 0.25) is 0 Å². The number of hydrogen-bond donors (Lipinski definition) is 0. The zero-order valence-corrected chi connectivity index (χ0v) is 64.2. The molecule has 9 aromatic carbocycles. The predicted molar refractivity (Wildman–Crippen MR) is 436 cm³/mol. The molecule has 13 aromatic rings. The van der Waals surface area contributed by atoms with E-state index in [1.807, 2.05) is 217 Å². The molecule has 0 atom stereocenters. The van der Waals surface area contributed by atoms with Gasteiger partial charge in [0.15, 0.2) is 11.4 Å². The smallest absolute Gasteiger partial charge is 0.331 e. The Hall–Kier alpha value is -13.6. The minimum Gasteiger partial charge on any atom is -0.378 e. The lowest BCUT2D eigenvalue weighted by molar-refractivity contribution is -0.141. The molecule has 556 valence electrons. The highest BCUT2D eigenvalue weighted by Crippen LogP contribution is 2.35. The van der Waals surface area contributed by atoms with Gasteiger partial charge in [-0.3, -0.25) is 0 Å². The molecule has 20 heteroatoms. The zero-order chi connectivity index (χ0) is 78.9. The Labute approximate surface area is 639 Å². The zero-order valence-electron chi connectivity index (χ0n) is 64.2. The van der Waals surface area contributed by atoms with Crippen LogP contribution in [-0.2, 0) is 85.4 Å². The number of hydrogen-bond acceptors (Lipinski definition) is 13. The van der Waals surface area contributed by atoms with Crippen molar-refractivity contribution in [1.82, 2.24) is 18.3 Å². The average molecular weight is 1470 g/mol. The second kappa shape index (κ2) is 36.1. The lowest BCUT2D eigenvalue weighted by atomic mass is 9.97. The van der Waals surface area contributed by atoms with Gasteiger partial charge in [-0.15, -0.1) is 0 Å². The summed E-state index contributed by atoms with van der Waals surface area (Å²) in [5.41, 5.74) is 23.2. The molecule has 13 rings (SSSR count). The number of para-hydroxylation sites is 1. The highest BCUT2D eigenvalue weighted by Gasteiger charge is 2.24. The third-order valence-corrected chi connectivity index (χ3v) is 18.7. The molecule has 0 saturated carbocycles. The van der Waals surface area contributed by atoms with Gasteiger partial charge in [0, 0.05) is 174 Å². The van der Waals surface area contributed by atoms with Gasteiger partial charge in [-0.2, -0.15) is 0 Å². The first-order valence-corrected chi connectivity index (χ1v) is 35.5. The van der Waals surface area contributed by atoms with Gasteiger partial charge in [-0.1, -0.05) is 148 Å². The van der Waals surface area contributed by atoms with E-state index in [0.717, 1.165) is 128 Å². The van der Waals surface area contributed by atoms with Crippen molar-refractivity contribution >= 4 is 107 Å². The summed E-state index contributed by atoms with van der Waals surface area (Å²) in [5, 5.41) is 20.3. The Bertz CT molecular complexity index is 5840. The number of aryl methyl sites for hydroxylation is 7. The van der Waals surface area contributed by atoms with Gasteiger partial charge in [0.1, 0.15) is 5.82 Å². The summed E-state index contributed by atoms with van der Waals surface area (Å²) < 4.78 is 21.9. The Morgan fingerprint density at radius 2 is 0.727 bits per heavy atom. The van der Waals surface area contributed by atoms with E-state index in [1.165, 1.54) is 45.4 Å². The maximum Gasteiger partial charge on any atom is 0.331 e. The highest BCUT2D eigenvalue weighted by molar-refractivity contribution is 6.16. The summed E-state index contributed by atoms with van der Waals surface area (Å²) in [6, 6.07) is 64.5. The Balaban J connectivity index is 0.000000157. The number of rotatable bonds is 18. The number of benzene rings is 9. The molecule has 4 heterocycles. The summed E-state index contributed by atoms with van der Waals surface area (Å²) in [6.45, 7) is 30.3. The van der Waals surface area contributed by atoms with E-state index in [2.05, 4.69) is 101 Å². The molecule has 0 saturated heterocycles. The average Bonchev–Trinajstić information content (AvgIpc) is 1.61. The van der Waals surface area contributed by atoms with Gasteiger partial charge < -0.3 is 42.5 Å². The molecular weight excluding hydrogens is 1380 g/mol. The van der Waals surface area contributed by atoms with E-state index in [-0.39, 0.29) is 5.82 Å². The third-order valence-electron chi connectivity index (χ3n) is 18.7. The lowest BCUT2D eigenvalue weighted by Crippen LogP contribution is -2.10. The molecule has 0 fully saturated rings. The number of carbonyl (C=O) groups is 4. The minimum absolute atomic E-state index is 0.317. The molecule has 0 bridgehead atoms. The van der Waals surface area contributed by atoms with Crippen LogP contribution in [0.25, 0.3) is 59.0 Å². The van der Waals surface area contributed by atoms with Crippen LogP contribution in [0.15, 0.2) is 239 Å². The third kappa shape index (κ3) is 19.3. The number of oxime groups is 4. The molecular formula is C90H86FN11O8. The maximum absolute atomic E-state index is 13.8. The van der Waals surface area contributed by atoms with Crippen LogP contribution < -0.4 is 4.90 Å². The first-order valence-electron chi connectivity index (χ1n) is 35.5. The second-order valence-corrected chi connectivity index (χ2v) is 26.9. The molecule has 0 N–H and O–H groups in total. The van der Waals surface area contributed by atoms with Crippen LogP contribution in [0.3, 0.4) is 0 Å². The number of anilines is 1. The van der Waals surface area contributed by atoms with E-state index in [1.54, 1.807) is 12.1 Å². The summed E-state index contributed by atoms with van der Waals surface area (Å²) in [5.74, 6) is -2.17. The van der Waals surface area contributed by atoms with Gasteiger partial charge >= 0.3 is 23.9 Å². The van der Waals surface area contributed by atoms with Crippen molar-refractivity contribution < 1.29 is 42.9 Å². The predicted octanol–water partition coefficient (Wildman–Crippen LogP) is 19.1. The van der Waals surface area contributed by atoms with Crippen LogP contribution in [0.1, 0.15) is 100 Å². The van der Waals surface area contributed by atoms with E-state index in [0.29, 0.717) is 54.2 Å². The highest BCUT2D eigenvalue weighted by atomic mass is 19.1. The Morgan fingerprint density at radius 3 is 1.11 bits per heavy atom. The molecule has 19 nitrogen and oxygen atoms in total. The van der Waals surface area contributed by atoms with Crippen LogP contribution in [0.4, 0.5) is 21.5 Å². The Kier molecular flexibility index (Phi) is 25.9. The van der Waals surface area contributed by atoms with Crippen molar-refractivity contribution in [3.8, 4) is 5.69 Å². The van der Waals surface area contributed by atoms with Gasteiger partial charge in [0.25, 0.3) is 0 Å². The van der Waals surface area contributed by atoms with Crippen molar-refractivity contribution in [2.75, 3.05) is 19.0 Å². The number of carbonyl (C=O) groups excluding carboxylic acids is 4. The van der Waals surface area contributed by atoms with Gasteiger partial charge in [0.05, 0.1) is 41.5 Å². The molecule has 0 amide bonds. The largest absolute Gasteiger partial charge is 0.378 e. The molecule has 0 radical (unpaired) electrons. The van der Waals surface area contributed by atoms with Crippen molar-refractivity contribution in [1.29, 1.82) is 0 Å². The topological polar surface area (TPSA) is 186 Å². The molecule has 0 aliphatic rings. The van der Waals surface area contributed by atoms with Crippen molar-refractivity contribution in [3.63, 3.8) is 0 Å². The fourth-order valence-electron chi connectivity index (χ4n) is 13.0. The summed E-state index contributed by atoms with van der Waals surface area (Å²) in [4.78, 5) is 74.7. The van der Waals surface area contributed by atoms with Crippen molar-refractivity contribution in [2.45, 2.75) is 88.0 Å². The van der Waals surface area contributed by atoms with Crippen molar-refractivity contribution in [3.05, 3.63) is 320 Å². The fourth-order valence-corrected chi connectivity index (χ4v) is 13.0. The fraction of sp³-hybridized carbons (Fsp3) is 0.200. The molecule has 0 unspecified atom stereocenters. The van der Waals surface area contributed by atoms with Crippen molar-refractivity contribution in [2.24, 2.45) is 41.8 Å². The maximum atomic E-state index is 13.8. The summed E-state index contributed by atoms with van der Waals surface area (Å²) >= 11 is 0. The van der Waals surface area contributed by atoms with E-state index in [9.17, 15) is 23.6 Å². The van der Waals surface area contributed by atoms with E-state index in [4.69, 9.17) is 32.5 Å². The van der Waals surface area contributed by atoms with E-state index < -0.39 is 23.9 Å². The standard InChI is InChI=1S/C27H23N3O2.C22H25N3O2.C21H19N3O2.C20H19FN2O2/c1-18-10-8-9-11-21(18)16-25(29-32-20(3)31)27-19(2)30(23-12-6-5-7-13-23)26-15-14-22(28-4)17-24(26)27;1-15-8-6-7-9-17(15)12-21(23-27-16(2)26)20-14-25(5)22-11-10-18(24(3)4)13-19(20)22;1-14-7-5-6-8-16(14)11-20(23-26-15(2)25)19-13-24(4)21-10-9-17(22-3)12-18(19)21;1-13-6-4-5-7-15(13)10-19(22-25-14(2)24)18-12-23(3)20-9-8-16(21)11-17(18)20/h5-15,17H,16H2,1-3H3;6-11,13-14H,12H2,1-5H3;5-10,12-13H,11H2,1-2,4H3;4-9,11-12H,10H2,1-3H3/b29-25+;23-21+;23-20+;22-19+. The van der Waals surface area contributed by atoms with Gasteiger partial charge in [-0.25, -0.2) is 33.3 Å². The molecule has 110 heavy (non-hydrogen) atoms. The first kappa shape index (κ1) is 79.0. The normalized spacial score (nSPS) is 11.5. The second-order valence-electron chi connectivity index (χ2n) is 26.9. The van der Waals surface area contributed by atoms with Crippen LogP contribution in [-0.4, -0.2) is 79.1 Å². The van der Waals surface area contributed by atoms with Gasteiger partial charge in [0.2, 0.25) is 0 Å². The molecule has 0 aliphatic carbocycles. The summed E-state index contributed by atoms with van der Waals surface area (Å²) in [6.07, 6.45) is 7.98. The summed E-state index contributed by atoms with van der Waals surface area (Å²) in [7, 11) is 9.88. The Morgan fingerprint density at radius 1 is 0.400 bits per heavy atom. The molecule has 0 aliphatic heterocycles. The number of halogens is 1. The molecule has 4 aromatic heterocycles. The monoisotopic (exact) mass is 1470 g/mol. The van der Waals surface area contributed by atoms with E-state index >= 15 is 0 Å². The SMILES string of the molecule is CC(=O)O/N=C(\Cc1ccccc1C)c1cn(C)c2ccc(F)cc12.CC(=O)O/N=C(\Cc1ccccc1C)c1cn(C)c2ccc(N(C)C)cc12.[C-]#[N+]c1ccc2c(c1)c(/C(Cc1ccccc1C)=N/OC(C)=O)c(C)n2-c1ccccc1.[C-]#[N+]c1ccc2c(c1)c(/C(Cc1ccccc1C)=N/OC(C)=O)cn2C. The minimum atomic E-state index is -0.492. The van der Waals surface area contributed by atoms with Crippen LogP contribution >= 0.6 is 0 Å². The van der Waals surface area contributed by atoms with Crippen LogP contribution in [0.5, 0.6) is 0 Å². The number of fused-ring (bicyclic) bond motifs is 4. The lowest BCUT2D eigenvalue weighted by Gasteiger charge is -2.13. The number of aromatic nitrogens is 4. The number of nitrogens with zero attached hydrogens (tertiary/aromatic N) is 11.